The van der Waals surface area contributed by atoms with Gasteiger partial charge in [-0.25, -0.2) is 0 Å². The van der Waals surface area contributed by atoms with Crippen molar-refractivity contribution in [3.05, 3.63) is 24.5 Å². The fourth-order valence-electron chi connectivity index (χ4n) is 0.462. The molecule has 0 atom stereocenters. The fraction of sp³-hybridized carbons (Fsp3) is 0.429. The van der Waals surface area contributed by atoms with Gasteiger partial charge in [0.05, 0.1) is 5.76 Å². The molecule has 0 unspecified atom stereocenters. The minimum absolute atomic E-state index is 0.0845. The highest BCUT2D eigenvalue weighted by Crippen LogP contribution is 1.97. The summed E-state index contributed by atoms with van der Waals surface area (Å²) in [5, 5.41) is 17.2. The van der Waals surface area contributed by atoms with Gasteiger partial charge in [0.25, 0.3) is 0 Å². The fourth-order valence-corrected chi connectivity index (χ4v) is 0.462. The molecule has 2 N–H and O–H groups in total. The molecule has 0 fully saturated rings. The second-order valence-corrected chi connectivity index (χ2v) is 1.70. The maximum atomic E-state index is 8.86. The summed E-state index contributed by atoms with van der Waals surface area (Å²) in [5.74, 6) is 0.277. The molecule has 0 saturated heterocycles. The van der Waals surface area contributed by atoms with Crippen LogP contribution in [0.5, 0.6) is 0 Å². The van der Waals surface area contributed by atoms with Crippen LogP contribution >= 0.6 is 0 Å². The van der Waals surface area contributed by atoms with Gasteiger partial charge in [0.1, 0.15) is 0 Å². The summed E-state index contributed by atoms with van der Waals surface area (Å²) >= 11 is 0. The van der Waals surface area contributed by atoms with Crippen molar-refractivity contribution in [2.75, 3.05) is 6.61 Å². The molecule has 52 valence electrons. The van der Waals surface area contributed by atoms with E-state index in [1.807, 2.05) is 0 Å². The van der Waals surface area contributed by atoms with E-state index in [-0.39, 0.29) is 12.4 Å². The van der Waals surface area contributed by atoms with Gasteiger partial charge in [0, 0.05) is 13.0 Å². The molecule has 9 heavy (non-hydrogen) atoms. The summed E-state index contributed by atoms with van der Waals surface area (Å²) in [6.07, 6.45) is 4.20. The van der Waals surface area contributed by atoms with Crippen molar-refractivity contribution in [1.82, 2.24) is 0 Å². The Morgan fingerprint density at radius 2 is 2.22 bits per heavy atom. The van der Waals surface area contributed by atoms with Gasteiger partial charge < -0.3 is 10.2 Å². The second-order valence-electron chi connectivity index (χ2n) is 1.70. The molecule has 0 aromatic carbocycles. The van der Waals surface area contributed by atoms with Crippen LogP contribution in [0.25, 0.3) is 0 Å². The summed E-state index contributed by atoms with van der Waals surface area (Å²) in [6, 6.07) is 0. The number of hydrogen-bond donors (Lipinski definition) is 2. The van der Waals surface area contributed by atoms with Crippen molar-refractivity contribution in [2.24, 2.45) is 0 Å². The van der Waals surface area contributed by atoms with E-state index in [0.717, 1.165) is 0 Å². The van der Waals surface area contributed by atoms with Crippen LogP contribution in [0, 0.1) is 0 Å². The SMILES string of the molecule is C=CC/C(O)=C\CCO. The summed E-state index contributed by atoms with van der Waals surface area (Å²) in [4.78, 5) is 0. The smallest absolute Gasteiger partial charge is 0.0921 e. The van der Waals surface area contributed by atoms with Crippen molar-refractivity contribution in [3.8, 4) is 0 Å². The van der Waals surface area contributed by atoms with Gasteiger partial charge in [-0.1, -0.05) is 6.08 Å². The molecule has 0 bridgehead atoms. The maximum Gasteiger partial charge on any atom is 0.0921 e. The molecule has 0 aliphatic rings. The van der Waals surface area contributed by atoms with Gasteiger partial charge in [-0.3, -0.25) is 0 Å². The van der Waals surface area contributed by atoms with Crippen molar-refractivity contribution >= 4 is 0 Å². The van der Waals surface area contributed by atoms with Crippen LogP contribution in [-0.2, 0) is 0 Å². The number of aliphatic hydroxyl groups excluding tert-OH is 2. The molecule has 0 heterocycles. The summed E-state index contributed by atoms with van der Waals surface area (Å²) < 4.78 is 0. The monoisotopic (exact) mass is 128 g/mol. The molecule has 2 heteroatoms. The third-order valence-electron chi connectivity index (χ3n) is 0.863. The highest BCUT2D eigenvalue weighted by molar-refractivity contribution is 4.95. The summed E-state index contributed by atoms with van der Waals surface area (Å²) in [7, 11) is 0. The van der Waals surface area contributed by atoms with E-state index in [1.54, 1.807) is 12.2 Å². The van der Waals surface area contributed by atoms with E-state index in [2.05, 4.69) is 6.58 Å². The third-order valence-corrected chi connectivity index (χ3v) is 0.863. The van der Waals surface area contributed by atoms with Gasteiger partial charge in [-0.15, -0.1) is 6.58 Å². The normalized spacial score (nSPS) is 11.4. The van der Waals surface area contributed by atoms with E-state index in [9.17, 15) is 0 Å². The van der Waals surface area contributed by atoms with Gasteiger partial charge in [-0.2, -0.15) is 0 Å². The van der Waals surface area contributed by atoms with Gasteiger partial charge in [0.2, 0.25) is 0 Å². The molecule has 0 aromatic rings. The van der Waals surface area contributed by atoms with E-state index in [1.165, 1.54) is 0 Å². The van der Waals surface area contributed by atoms with Crippen molar-refractivity contribution in [2.45, 2.75) is 12.8 Å². The molecule has 2 nitrogen and oxygen atoms in total. The minimum Gasteiger partial charge on any atom is -0.512 e. The first-order valence-electron chi connectivity index (χ1n) is 2.91. The van der Waals surface area contributed by atoms with Crippen molar-refractivity contribution in [3.63, 3.8) is 0 Å². The lowest BCUT2D eigenvalue weighted by Gasteiger charge is -1.91. The number of allylic oxidation sites excluding steroid dienone is 1. The molecule has 0 aliphatic heterocycles. The van der Waals surface area contributed by atoms with Gasteiger partial charge >= 0.3 is 0 Å². The second kappa shape index (κ2) is 5.38. The zero-order valence-corrected chi connectivity index (χ0v) is 5.38. The Kier molecular flexibility index (Phi) is 4.92. The van der Waals surface area contributed by atoms with Crippen LogP contribution in [0.15, 0.2) is 24.5 Å². The lowest BCUT2D eigenvalue weighted by molar-refractivity contribution is 0.299. The molecule has 0 saturated carbocycles. The molecule has 0 spiro atoms. The number of rotatable bonds is 4. The Morgan fingerprint density at radius 3 is 2.67 bits per heavy atom. The van der Waals surface area contributed by atoms with E-state index in [0.29, 0.717) is 12.8 Å². The average molecular weight is 128 g/mol. The Hall–Kier alpha value is -0.760. The largest absolute Gasteiger partial charge is 0.512 e. The standard InChI is InChI=1S/C7H12O2/c1-2-4-7(9)5-3-6-8/h2,5,8-9H,1,3-4,6H2/b7-5+. The molecular formula is C7H12O2. The lowest BCUT2D eigenvalue weighted by Crippen LogP contribution is -1.81. The Labute approximate surface area is 55.1 Å². The van der Waals surface area contributed by atoms with Crippen LogP contribution in [0.3, 0.4) is 0 Å². The van der Waals surface area contributed by atoms with Gasteiger partial charge in [0.15, 0.2) is 0 Å². The van der Waals surface area contributed by atoms with Crippen LogP contribution in [0.2, 0.25) is 0 Å². The summed E-state index contributed by atoms with van der Waals surface area (Å²) in [6.45, 7) is 3.53. The maximum absolute atomic E-state index is 8.86. The van der Waals surface area contributed by atoms with E-state index >= 15 is 0 Å². The summed E-state index contributed by atoms with van der Waals surface area (Å²) in [5.41, 5.74) is 0. The van der Waals surface area contributed by atoms with Crippen molar-refractivity contribution < 1.29 is 10.2 Å². The zero-order chi connectivity index (χ0) is 7.11. The van der Waals surface area contributed by atoms with Crippen LogP contribution in [0.4, 0.5) is 0 Å². The average Bonchev–Trinajstić information content (AvgIpc) is 1.85. The van der Waals surface area contributed by atoms with Crippen molar-refractivity contribution in [1.29, 1.82) is 0 Å². The predicted octanol–water partition coefficient (Wildman–Crippen LogP) is 1.39. The molecule has 0 rings (SSSR count). The number of hydrogen-bond acceptors (Lipinski definition) is 2. The van der Waals surface area contributed by atoms with E-state index < -0.39 is 0 Å². The zero-order valence-electron chi connectivity index (χ0n) is 5.38. The minimum atomic E-state index is 0.0845. The van der Waals surface area contributed by atoms with Gasteiger partial charge in [-0.05, 0) is 12.5 Å². The topological polar surface area (TPSA) is 40.5 Å². The van der Waals surface area contributed by atoms with Crippen LogP contribution in [-0.4, -0.2) is 16.8 Å². The Bertz CT molecular complexity index is 105. The van der Waals surface area contributed by atoms with E-state index in [4.69, 9.17) is 10.2 Å². The quantitative estimate of drug-likeness (QED) is 0.443. The first-order valence-corrected chi connectivity index (χ1v) is 2.91. The van der Waals surface area contributed by atoms with Crippen LogP contribution in [0.1, 0.15) is 12.8 Å². The molecular weight excluding hydrogens is 116 g/mol. The molecule has 0 amide bonds. The Balaban J connectivity index is 3.42. The number of aliphatic hydroxyl groups is 2. The first-order chi connectivity index (χ1) is 4.31. The third kappa shape index (κ3) is 5.11. The molecule has 0 radical (unpaired) electrons. The first kappa shape index (κ1) is 8.24. The Morgan fingerprint density at radius 1 is 1.56 bits per heavy atom. The molecule has 0 aromatic heterocycles. The van der Waals surface area contributed by atoms with Crippen LogP contribution < -0.4 is 0 Å². The lowest BCUT2D eigenvalue weighted by atomic mass is 10.3. The highest BCUT2D eigenvalue weighted by Gasteiger charge is 1.85. The molecule has 0 aliphatic carbocycles. The predicted molar refractivity (Wildman–Crippen MR) is 37.2 cm³/mol. The highest BCUT2D eigenvalue weighted by atomic mass is 16.3.